The molecule has 0 aliphatic carbocycles. The number of likely N-dealkylation sites (N-methyl/N-ethyl adjacent to an activating group) is 1. The van der Waals surface area contributed by atoms with Gasteiger partial charge in [-0.3, -0.25) is 14.3 Å². The molecule has 0 bridgehead atoms. The molecule has 0 saturated carbocycles. The number of hydrogen-bond donors (Lipinski definition) is 1. The van der Waals surface area contributed by atoms with Crippen molar-refractivity contribution in [3.8, 4) is 0 Å². The molecule has 1 aromatic rings. The Hall–Kier alpha value is -1.89. The Labute approximate surface area is 117 Å². The second-order valence-electron chi connectivity index (χ2n) is 4.74. The minimum Gasteiger partial charge on any atom is -0.377 e. The van der Waals surface area contributed by atoms with Gasteiger partial charge in [-0.1, -0.05) is 0 Å². The first-order valence-electron chi connectivity index (χ1n) is 6.71. The molecule has 1 saturated heterocycles. The van der Waals surface area contributed by atoms with E-state index >= 15 is 0 Å². The normalized spacial score (nSPS) is 18.9. The summed E-state index contributed by atoms with van der Waals surface area (Å²) in [5.74, 6) is 0.583. The third kappa shape index (κ3) is 2.53. The van der Waals surface area contributed by atoms with Gasteiger partial charge in [0.1, 0.15) is 11.9 Å². The van der Waals surface area contributed by atoms with Gasteiger partial charge in [-0.15, -0.1) is 0 Å². The standard InChI is InChI=1S/C13H20N4O3/c1-4-14-12(19)11-8-20-6-5-17(11)13-10(7-18)9(2)15-16(13)3/h7,11H,4-6,8H2,1-3H3,(H,14,19). The van der Waals surface area contributed by atoms with Crippen LogP contribution in [0.15, 0.2) is 0 Å². The molecule has 1 aliphatic rings. The van der Waals surface area contributed by atoms with Gasteiger partial charge in [-0.05, 0) is 13.8 Å². The van der Waals surface area contributed by atoms with Crippen LogP contribution in [0.2, 0.25) is 0 Å². The fourth-order valence-corrected chi connectivity index (χ4v) is 2.51. The number of rotatable bonds is 4. The fourth-order valence-electron chi connectivity index (χ4n) is 2.51. The summed E-state index contributed by atoms with van der Waals surface area (Å²) in [5.41, 5.74) is 1.20. The van der Waals surface area contributed by atoms with Crippen molar-refractivity contribution in [1.29, 1.82) is 0 Å². The Kier molecular flexibility index (Phi) is 4.39. The maximum absolute atomic E-state index is 12.1. The highest BCUT2D eigenvalue weighted by Gasteiger charge is 2.33. The maximum Gasteiger partial charge on any atom is 0.245 e. The number of carbonyl (C=O) groups excluding carboxylic acids is 2. The van der Waals surface area contributed by atoms with E-state index in [1.165, 1.54) is 0 Å². The average molecular weight is 280 g/mol. The number of morpholine rings is 1. The van der Waals surface area contributed by atoms with E-state index in [2.05, 4.69) is 10.4 Å². The molecule has 2 rings (SSSR count). The fraction of sp³-hybridized carbons (Fsp3) is 0.615. The summed E-state index contributed by atoms with van der Waals surface area (Å²) in [6.45, 7) is 5.62. The molecule has 0 radical (unpaired) electrons. The molecular formula is C13H20N4O3. The van der Waals surface area contributed by atoms with Gasteiger partial charge < -0.3 is 15.0 Å². The maximum atomic E-state index is 12.1. The Morgan fingerprint density at radius 3 is 3.00 bits per heavy atom. The molecule has 20 heavy (non-hydrogen) atoms. The highest BCUT2D eigenvalue weighted by Crippen LogP contribution is 2.25. The quantitative estimate of drug-likeness (QED) is 0.778. The van der Waals surface area contributed by atoms with E-state index in [9.17, 15) is 9.59 Å². The molecule has 7 heteroatoms. The van der Waals surface area contributed by atoms with E-state index in [1.807, 2.05) is 11.8 Å². The number of aromatic nitrogens is 2. The van der Waals surface area contributed by atoms with Crippen LogP contribution in [-0.4, -0.2) is 54.3 Å². The van der Waals surface area contributed by atoms with Crippen molar-refractivity contribution in [2.75, 3.05) is 31.2 Å². The van der Waals surface area contributed by atoms with Crippen LogP contribution in [0.3, 0.4) is 0 Å². The van der Waals surface area contributed by atoms with Crippen LogP contribution in [0.4, 0.5) is 5.82 Å². The van der Waals surface area contributed by atoms with Gasteiger partial charge in [0, 0.05) is 20.1 Å². The van der Waals surface area contributed by atoms with Crippen LogP contribution in [-0.2, 0) is 16.6 Å². The molecule has 0 aromatic carbocycles. The number of carbonyl (C=O) groups is 2. The highest BCUT2D eigenvalue weighted by molar-refractivity contribution is 5.89. The predicted octanol–water partition coefficient (Wildman–Crippen LogP) is -0.118. The molecule has 1 fully saturated rings. The summed E-state index contributed by atoms with van der Waals surface area (Å²) in [6.07, 6.45) is 0.794. The molecule has 1 unspecified atom stereocenters. The van der Waals surface area contributed by atoms with Gasteiger partial charge in [0.25, 0.3) is 0 Å². The molecule has 1 atom stereocenters. The summed E-state index contributed by atoms with van der Waals surface area (Å²) in [7, 11) is 1.78. The largest absolute Gasteiger partial charge is 0.377 e. The highest BCUT2D eigenvalue weighted by atomic mass is 16.5. The van der Waals surface area contributed by atoms with Gasteiger partial charge in [-0.25, -0.2) is 0 Å². The van der Waals surface area contributed by atoms with Crippen LogP contribution < -0.4 is 10.2 Å². The number of amides is 1. The Bertz CT molecular complexity index is 512. The number of ether oxygens (including phenoxy) is 1. The zero-order valence-electron chi connectivity index (χ0n) is 12.0. The zero-order valence-corrected chi connectivity index (χ0v) is 12.0. The minimum atomic E-state index is -0.433. The number of nitrogens with zero attached hydrogens (tertiary/aromatic N) is 3. The van der Waals surface area contributed by atoms with E-state index < -0.39 is 6.04 Å². The lowest BCUT2D eigenvalue weighted by Gasteiger charge is -2.36. The number of aryl methyl sites for hydroxylation is 2. The van der Waals surface area contributed by atoms with E-state index in [0.29, 0.717) is 43.4 Å². The number of aldehydes is 1. The minimum absolute atomic E-state index is 0.0945. The Morgan fingerprint density at radius 2 is 2.35 bits per heavy atom. The van der Waals surface area contributed by atoms with Gasteiger partial charge in [0.05, 0.1) is 24.5 Å². The third-order valence-electron chi connectivity index (χ3n) is 3.41. The summed E-state index contributed by atoms with van der Waals surface area (Å²) in [6, 6.07) is -0.433. The van der Waals surface area contributed by atoms with Crippen LogP contribution in [0.25, 0.3) is 0 Å². The number of nitrogens with one attached hydrogen (secondary N) is 1. The first kappa shape index (κ1) is 14.5. The van der Waals surface area contributed by atoms with Crippen molar-refractivity contribution < 1.29 is 14.3 Å². The van der Waals surface area contributed by atoms with E-state index in [0.717, 1.165) is 6.29 Å². The molecule has 0 spiro atoms. The molecule has 1 N–H and O–H groups in total. The summed E-state index contributed by atoms with van der Waals surface area (Å²) < 4.78 is 7.05. The van der Waals surface area contributed by atoms with Crippen LogP contribution in [0.1, 0.15) is 23.0 Å². The van der Waals surface area contributed by atoms with Gasteiger partial charge in [-0.2, -0.15) is 5.10 Å². The molecule has 1 amide bonds. The van der Waals surface area contributed by atoms with Crippen LogP contribution in [0.5, 0.6) is 0 Å². The molecule has 110 valence electrons. The van der Waals surface area contributed by atoms with E-state index in [-0.39, 0.29) is 5.91 Å². The van der Waals surface area contributed by atoms with Crippen molar-refractivity contribution in [3.05, 3.63) is 11.3 Å². The number of hydrogen-bond acceptors (Lipinski definition) is 5. The van der Waals surface area contributed by atoms with Crippen molar-refractivity contribution in [2.45, 2.75) is 19.9 Å². The van der Waals surface area contributed by atoms with Crippen molar-refractivity contribution >= 4 is 18.0 Å². The predicted molar refractivity (Wildman–Crippen MR) is 74.0 cm³/mol. The van der Waals surface area contributed by atoms with Gasteiger partial charge in [0.15, 0.2) is 6.29 Å². The smallest absolute Gasteiger partial charge is 0.245 e. The second kappa shape index (κ2) is 6.04. The summed E-state index contributed by atoms with van der Waals surface area (Å²) in [4.78, 5) is 25.3. The van der Waals surface area contributed by atoms with Crippen LogP contribution >= 0.6 is 0 Å². The second-order valence-corrected chi connectivity index (χ2v) is 4.74. The summed E-state index contributed by atoms with van der Waals surface area (Å²) >= 11 is 0. The zero-order chi connectivity index (χ0) is 14.7. The lowest BCUT2D eigenvalue weighted by Crippen LogP contribution is -2.54. The first-order chi connectivity index (χ1) is 9.60. The average Bonchev–Trinajstić information content (AvgIpc) is 2.72. The Morgan fingerprint density at radius 1 is 1.60 bits per heavy atom. The SMILES string of the molecule is CCNC(=O)C1COCCN1c1c(C=O)c(C)nn1C. The molecule has 1 aliphatic heterocycles. The van der Waals surface area contributed by atoms with Crippen molar-refractivity contribution in [1.82, 2.24) is 15.1 Å². The lowest BCUT2D eigenvalue weighted by molar-refractivity contribution is -0.124. The number of anilines is 1. The summed E-state index contributed by atoms with van der Waals surface area (Å²) in [5, 5.41) is 7.07. The molecule has 7 nitrogen and oxygen atoms in total. The van der Waals surface area contributed by atoms with E-state index in [1.54, 1.807) is 18.7 Å². The monoisotopic (exact) mass is 280 g/mol. The third-order valence-corrected chi connectivity index (χ3v) is 3.41. The van der Waals surface area contributed by atoms with Crippen molar-refractivity contribution in [3.63, 3.8) is 0 Å². The molecule has 2 heterocycles. The van der Waals surface area contributed by atoms with Crippen LogP contribution in [0, 0.1) is 6.92 Å². The lowest BCUT2D eigenvalue weighted by atomic mass is 10.1. The topological polar surface area (TPSA) is 76.5 Å². The first-order valence-corrected chi connectivity index (χ1v) is 6.71. The van der Waals surface area contributed by atoms with Gasteiger partial charge in [0.2, 0.25) is 5.91 Å². The van der Waals surface area contributed by atoms with E-state index in [4.69, 9.17) is 4.74 Å². The molecule has 1 aromatic heterocycles. The molecular weight excluding hydrogens is 260 g/mol. The van der Waals surface area contributed by atoms with Gasteiger partial charge >= 0.3 is 0 Å². The Balaban J connectivity index is 2.37. The van der Waals surface area contributed by atoms with Crippen molar-refractivity contribution in [2.24, 2.45) is 7.05 Å².